The van der Waals surface area contributed by atoms with Crippen molar-refractivity contribution in [3.63, 3.8) is 0 Å². The summed E-state index contributed by atoms with van der Waals surface area (Å²) in [6.45, 7) is 0. The maximum Gasteiger partial charge on any atom is 0.128 e. The van der Waals surface area contributed by atoms with Crippen molar-refractivity contribution in [1.29, 1.82) is 0 Å². The normalized spacial score (nSPS) is 11.5. The van der Waals surface area contributed by atoms with E-state index in [0.717, 1.165) is 82.6 Å². The lowest BCUT2D eigenvalue weighted by Crippen LogP contribution is -2.09. The molecule has 0 aliphatic carbocycles. The highest BCUT2D eigenvalue weighted by Crippen LogP contribution is 2.40. The average molecular weight is 684 g/mol. The summed E-state index contributed by atoms with van der Waals surface area (Å²) in [6, 6.07) is 55.8. The molecule has 10 aromatic rings. The van der Waals surface area contributed by atoms with Crippen LogP contribution < -0.4 is 4.90 Å². The van der Waals surface area contributed by atoms with Gasteiger partial charge in [-0.3, -0.25) is 9.97 Å². The second kappa shape index (κ2) is 12.5. The molecule has 4 heterocycles. The van der Waals surface area contributed by atoms with E-state index in [9.17, 15) is 0 Å². The van der Waals surface area contributed by atoms with Gasteiger partial charge >= 0.3 is 0 Å². The van der Waals surface area contributed by atoms with Gasteiger partial charge in [-0.2, -0.15) is 0 Å². The van der Waals surface area contributed by atoms with Crippen molar-refractivity contribution in [1.82, 2.24) is 19.9 Å². The Kier molecular flexibility index (Phi) is 7.25. The lowest BCUT2D eigenvalue weighted by molar-refractivity contribution is 1.23. The predicted octanol–water partition coefficient (Wildman–Crippen LogP) is 12.4. The molecule has 0 unspecified atom stereocenters. The molecule has 6 aromatic carbocycles. The maximum absolute atomic E-state index is 4.78. The lowest BCUT2D eigenvalue weighted by atomic mass is 10.0. The first-order valence-electron chi connectivity index (χ1n) is 17.2. The molecule has 0 saturated heterocycles. The topological polar surface area (TPSA) is 54.8 Å². The third-order valence-electron chi connectivity index (χ3n) is 9.70. The Morgan fingerprint density at radius 3 is 1.52 bits per heavy atom. The van der Waals surface area contributed by atoms with Crippen molar-refractivity contribution in [2.45, 2.75) is 0 Å². The Bertz CT molecular complexity index is 2780. The van der Waals surface area contributed by atoms with Crippen LogP contribution in [-0.4, -0.2) is 19.9 Å². The molecule has 0 radical (unpaired) electrons. The number of pyridine rings is 2. The number of rotatable bonds is 6. The van der Waals surface area contributed by atoms with Crippen LogP contribution in [0.3, 0.4) is 0 Å². The minimum absolute atomic E-state index is 0.948. The Morgan fingerprint density at radius 2 is 0.942 bits per heavy atom. The van der Waals surface area contributed by atoms with Crippen LogP contribution in [0.1, 0.15) is 0 Å². The first-order valence-corrected chi connectivity index (χ1v) is 18.0. The van der Waals surface area contributed by atoms with E-state index < -0.39 is 0 Å². The fraction of sp³-hybridized carbons (Fsp3) is 0. The average Bonchev–Trinajstić information content (AvgIpc) is 3.61. The zero-order chi connectivity index (χ0) is 34.4. The molecule has 0 N–H and O–H groups in total. The van der Waals surface area contributed by atoms with E-state index in [2.05, 4.69) is 165 Å². The zero-order valence-corrected chi connectivity index (χ0v) is 28.7. The summed E-state index contributed by atoms with van der Waals surface area (Å²) in [5.74, 6) is 0. The molecule has 0 aliphatic heterocycles. The van der Waals surface area contributed by atoms with Crippen molar-refractivity contribution in [3.05, 3.63) is 176 Å². The van der Waals surface area contributed by atoms with E-state index in [4.69, 9.17) is 4.98 Å². The summed E-state index contributed by atoms with van der Waals surface area (Å²) in [4.78, 5) is 21.8. The van der Waals surface area contributed by atoms with Crippen molar-refractivity contribution in [2.24, 2.45) is 0 Å². The van der Waals surface area contributed by atoms with Crippen molar-refractivity contribution >= 4 is 70.5 Å². The molecule has 0 spiro atoms. The number of aromatic nitrogens is 4. The standard InChI is InChI=1S/C46H29N5S/c1-2-8-43-40(7-1)44-45(49-29-50-46(44)52-43)34-17-23-39(24-18-34)51(37-19-13-30(14-20-37)35-11-9-32-5-3-25-47-41(32)27-35)38-21-15-31(16-22-38)36-12-10-33-6-4-26-48-42(33)28-36/h1-29H. The van der Waals surface area contributed by atoms with Crippen LogP contribution in [0.25, 0.3) is 75.6 Å². The van der Waals surface area contributed by atoms with Gasteiger partial charge in [-0.25, -0.2) is 9.97 Å². The highest BCUT2D eigenvalue weighted by atomic mass is 32.1. The minimum Gasteiger partial charge on any atom is -0.311 e. The second-order valence-electron chi connectivity index (χ2n) is 12.8. The summed E-state index contributed by atoms with van der Waals surface area (Å²) in [5, 5.41) is 4.56. The Balaban J connectivity index is 1.04. The van der Waals surface area contributed by atoms with E-state index in [1.165, 1.54) is 10.1 Å². The summed E-state index contributed by atoms with van der Waals surface area (Å²) >= 11 is 1.71. The van der Waals surface area contributed by atoms with Gasteiger partial charge in [0.2, 0.25) is 0 Å². The van der Waals surface area contributed by atoms with Gasteiger partial charge in [0, 0.05) is 61.3 Å². The molecule has 244 valence electrons. The van der Waals surface area contributed by atoms with Crippen molar-refractivity contribution < 1.29 is 0 Å². The molecule has 52 heavy (non-hydrogen) atoms. The first-order chi connectivity index (χ1) is 25.7. The number of hydrogen-bond donors (Lipinski definition) is 0. The fourth-order valence-electron chi connectivity index (χ4n) is 7.09. The van der Waals surface area contributed by atoms with Crippen LogP contribution in [0.15, 0.2) is 176 Å². The fourth-order valence-corrected chi connectivity index (χ4v) is 8.13. The molecule has 0 bridgehead atoms. The SMILES string of the molecule is c1cnc2cc(-c3ccc(N(c4ccc(-c5ccc6cccnc6c5)cc4)c4ccc(-c5ncnc6sc7ccccc7c56)cc4)cc3)ccc2c1. The monoisotopic (exact) mass is 683 g/mol. The van der Waals surface area contributed by atoms with Crippen LogP contribution in [0, 0.1) is 0 Å². The molecule has 4 aromatic heterocycles. The number of anilines is 3. The summed E-state index contributed by atoms with van der Waals surface area (Å²) < 4.78 is 1.22. The Morgan fingerprint density at radius 1 is 0.423 bits per heavy atom. The van der Waals surface area contributed by atoms with E-state index in [-0.39, 0.29) is 0 Å². The number of fused-ring (bicyclic) bond motifs is 5. The molecule has 0 fully saturated rings. The van der Waals surface area contributed by atoms with Gasteiger partial charge in [-0.05, 0) is 89.0 Å². The molecule has 5 nitrogen and oxygen atoms in total. The number of thiophene rings is 1. The summed E-state index contributed by atoms with van der Waals surface area (Å²) in [5.41, 5.74) is 11.7. The molecule has 0 saturated carbocycles. The quantitative estimate of drug-likeness (QED) is 0.175. The molecule has 0 aliphatic rings. The van der Waals surface area contributed by atoms with Crippen LogP contribution in [0.4, 0.5) is 17.1 Å². The van der Waals surface area contributed by atoms with E-state index in [1.807, 2.05) is 24.5 Å². The van der Waals surface area contributed by atoms with Gasteiger partial charge in [0.1, 0.15) is 11.2 Å². The first kappa shape index (κ1) is 30.1. The molecular weight excluding hydrogens is 655 g/mol. The molecule has 0 atom stereocenters. The third-order valence-corrected chi connectivity index (χ3v) is 10.8. The van der Waals surface area contributed by atoms with Gasteiger partial charge in [-0.1, -0.05) is 91.0 Å². The molecular formula is C46H29N5S. The summed E-state index contributed by atoms with van der Waals surface area (Å²) in [7, 11) is 0. The molecule has 6 heteroatoms. The lowest BCUT2D eigenvalue weighted by Gasteiger charge is -2.26. The van der Waals surface area contributed by atoms with Gasteiger partial charge in [0.05, 0.1) is 16.7 Å². The number of benzene rings is 6. The summed E-state index contributed by atoms with van der Waals surface area (Å²) in [6.07, 6.45) is 5.36. The molecule has 0 amide bonds. The second-order valence-corrected chi connectivity index (χ2v) is 13.8. The van der Waals surface area contributed by atoms with Crippen LogP contribution in [0.5, 0.6) is 0 Å². The number of nitrogens with zero attached hydrogens (tertiary/aromatic N) is 5. The Hall–Kier alpha value is -6.76. The van der Waals surface area contributed by atoms with Gasteiger partial charge in [0.15, 0.2) is 0 Å². The van der Waals surface area contributed by atoms with Gasteiger partial charge in [-0.15, -0.1) is 11.3 Å². The molecule has 10 rings (SSSR count). The zero-order valence-electron chi connectivity index (χ0n) is 27.9. The Labute approximate surface area is 304 Å². The van der Waals surface area contributed by atoms with Crippen LogP contribution in [-0.2, 0) is 0 Å². The predicted molar refractivity (Wildman–Crippen MR) is 217 cm³/mol. The van der Waals surface area contributed by atoms with Crippen molar-refractivity contribution in [2.75, 3.05) is 4.90 Å². The highest BCUT2D eigenvalue weighted by Gasteiger charge is 2.17. The largest absolute Gasteiger partial charge is 0.311 e. The van der Waals surface area contributed by atoms with Crippen LogP contribution in [0.2, 0.25) is 0 Å². The number of hydrogen-bond acceptors (Lipinski definition) is 6. The van der Waals surface area contributed by atoms with Gasteiger partial charge in [0.25, 0.3) is 0 Å². The maximum atomic E-state index is 4.78. The highest BCUT2D eigenvalue weighted by molar-refractivity contribution is 7.25. The van der Waals surface area contributed by atoms with Crippen LogP contribution >= 0.6 is 11.3 Å². The third kappa shape index (κ3) is 5.34. The van der Waals surface area contributed by atoms with Crippen molar-refractivity contribution in [3.8, 4) is 33.5 Å². The van der Waals surface area contributed by atoms with E-state index >= 15 is 0 Å². The smallest absolute Gasteiger partial charge is 0.128 e. The van der Waals surface area contributed by atoms with E-state index in [0.29, 0.717) is 0 Å². The van der Waals surface area contributed by atoms with E-state index in [1.54, 1.807) is 17.7 Å². The van der Waals surface area contributed by atoms with Gasteiger partial charge < -0.3 is 4.90 Å². The minimum atomic E-state index is 0.948.